The summed E-state index contributed by atoms with van der Waals surface area (Å²) in [5, 5.41) is 7.95. The highest BCUT2D eigenvalue weighted by Crippen LogP contribution is 2.35. The van der Waals surface area contributed by atoms with Crippen LogP contribution >= 0.6 is 22.9 Å². The normalized spacial score (nSPS) is 17.8. The predicted molar refractivity (Wildman–Crippen MR) is 94.7 cm³/mol. The van der Waals surface area contributed by atoms with E-state index in [1.807, 2.05) is 36.3 Å². The van der Waals surface area contributed by atoms with Crippen LogP contribution in [0.3, 0.4) is 0 Å². The maximum Gasteiger partial charge on any atom is 0.282 e. The van der Waals surface area contributed by atoms with Crippen molar-refractivity contribution in [2.75, 3.05) is 20.1 Å². The highest BCUT2D eigenvalue weighted by Gasteiger charge is 2.29. The van der Waals surface area contributed by atoms with Crippen LogP contribution in [0.4, 0.5) is 0 Å². The number of carbonyl (C=O) groups excluding carboxylic acids is 1. The van der Waals surface area contributed by atoms with Crippen LogP contribution in [0.15, 0.2) is 30.6 Å². The van der Waals surface area contributed by atoms with Gasteiger partial charge in [0, 0.05) is 30.9 Å². The Hall–Kier alpha value is -1.96. The molecule has 0 bridgehead atoms. The molecule has 1 fully saturated rings. The monoisotopic (exact) mass is 361 g/mol. The molecule has 0 aromatic carbocycles. The van der Waals surface area contributed by atoms with Crippen molar-refractivity contribution in [1.29, 1.82) is 0 Å². The number of fused-ring (bicyclic) bond motifs is 1. The van der Waals surface area contributed by atoms with E-state index >= 15 is 0 Å². The number of nitrogens with zero attached hydrogens (tertiary/aromatic N) is 4. The second-order valence-electron chi connectivity index (χ2n) is 5.76. The molecule has 4 heterocycles. The Kier molecular flexibility index (Phi) is 3.99. The molecule has 1 unspecified atom stereocenters. The maximum atomic E-state index is 12.7. The van der Waals surface area contributed by atoms with E-state index in [1.54, 1.807) is 10.7 Å². The molecule has 3 aromatic heterocycles. The number of amides is 1. The van der Waals surface area contributed by atoms with Crippen molar-refractivity contribution in [3.05, 3.63) is 39.9 Å². The lowest BCUT2D eigenvalue weighted by atomic mass is 10.2. The van der Waals surface area contributed by atoms with Gasteiger partial charge in [-0.15, -0.1) is 0 Å². The number of nitrogens with one attached hydrogen (secondary N) is 1. The van der Waals surface area contributed by atoms with Crippen molar-refractivity contribution in [3.63, 3.8) is 0 Å². The van der Waals surface area contributed by atoms with E-state index in [1.165, 1.54) is 11.3 Å². The Morgan fingerprint density at radius 3 is 3.12 bits per heavy atom. The standard InChI is InChI=1S/C16H16ClN5OS/c1-18-10-5-7-21(9-10)16(23)15-20-13(14(17)24-15)11-8-19-22-6-3-2-4-12(11)22/h2-4,6,8,10,18H,5,7,9H2,1H3. The minimum atomic E-state index is -0.0534. The van der Waals surface area contributed by atoms with Crippen molar-refractivity contribution in [2.45, 2.75) is 12.5 Å². The minimum absolute atomic E-state index is 0.0534. The molecule has 124 valence electrons. The summed E-state index contributed by atoms with van der Waals surface area (Å²) in [5.74, 6) is -0.0534. The third kappa shape index (κ3) is 2.58. The first-order chi connectivity index (χ1) is 11.7. The van der Waals surface area contributed by atoms with Gasteiger partial charge in [-0.05, 0) is 25.6 Å². The van der Waals surface area contributed by atoms with Crippen LogP contribution in [0.1, 0.15) is 16.2 Å². The van der Waals surface area contributed by atoms with Gasteiger partial charge in [0.05, 0.1) is 11.7 Å². The number of thiazole rings is 1. The zero-order valence-corrected chi connectivity index (χ0v) is 14.6. The maximum absolute atomic E-state index is 12.7. The number of pyridine rings is 1. The largest absolute Gasteiger partial charge is 0.335 e. The molecule has 1 atom stereocenters. The van der Waals surface area contributed by atoms with Crippen LogP contribution in [0.2, 0.25) is 4.34 Å². The summed E-state index contributed by atoms with van der Waals surface area (Å²) < 4.78 is 2.28. The fourth-order valence-corrected chi connectivity index (χ4v) is 4.13. The molecule has 8 heteroatoms. The van der Waals surface area contributed by atoms with Gasteiger partial charge in [0.1, 0.15) is 10.0 Å². The Balaban J connectivity index is 1.67. The van der Waals surface area contributed by atoms with Gasteiger partial charge in [-0.1, -0.05) is 29.0 Å². The van der Waals surface area contributed by atoms with Gasteiger partial charge >= 0.3 is 0 Å². The molecular weight excluding hydrogens is 346 g/mol. The molecule has 0 saturated carbocycles. The topological polar surface area (TPSA) is 62.5 Å². The zero-order valence-electron chi connectivity index (χ0n) is 13.1. The van der Waals surface area contributed by atoms with Gasteiger partial charge in [0.15, 0.2) is 5.01 Å². The molecule has 0 aliphatic carbocycles. The van der Waals surface area contributed by atoms with E-state index in [4.69, 9.17) is 11.6 Å². The smallest absolute Gasteiger partial charge is 0.282 e. The first-order valence-electron chi connectivity index (χ1n) is 7.73. The van der Waals surface area contributed by atoms with E-state index in [0.717, 1.165) is 24.0 Å². The van der Waals surface area contributed by atoms with Crippen LogP contribution in [0, 0.1) is 0 Å². The SMILES string of the molecule is CNC1CCN(C(=O)c2nc(-c3cnn4ccccc34)c(Cl)s2)C1. The molecule has 3 aromatic rings. The van der Waals surface area contributed by atoms with E-state index in [2.05, 4.69) is 15.4 Å². The van der Waals surface area contributed by atoms with Crippen molar-refractivity contribution in [2.24, 2.45) is 0 Å². The number of aromatic nitrogens is 3. The molecule has 1 saturated heterocycles. The summed E-state index contributed by atoms with van der Waals surface area (Å²) in [6.45, 7) is 1.45. The summed E-state index contributed by atoms with van der Waals surface area (Å²) in [6.07, 6.45) is 4.56. The third-order valence-corrected chi connectivity index (χ3v) is 5.58. The quantitative estimate of drug-likeness (QED) is 0.778. The van der Waals surface area contributed by atoms with Crippen LogP contribution < -0.4 is 5.32 Å². The average Bonchev–Trinajstić information content (AvgIpc) is 3.31. The van der Waals surface area contributed by atoms with Crippen molar-refractivity contribution >= 4 is 34.4 Å². The first-order valence-corrected chi connectivity index (χ1v) is 8.92. The van der Waals surface area contributed by atoms with Gasteiger partial charge in [0.2, 0.25) is 0 Å². The molecule has 0 radical (unpaired) electrons. The summed E-state index contributed by atoms with van der Waals surface area (Å²) in [5.41, 5.74) is 2.38. The molecule has 1 aliphatic heterocycles. The minimum Gasteiger partial charge on any atom is -0.335 e. The van der Waals surface area contributed by atoms with Gasteiger partial charge in [-0.25, -0.2) is 9.50 Å². The van der Waals surface area contributed by atoms with Gasteiger partial charge in [0.25, 0.3) is 5.91 Å². The Bertz CT molecular complexity index is 905. The van der Waals surface area contributed by atoms with E-state index in [0.29, 0.717) is 27.6 Å². The van der Waals surface area contributed by atoms with Crippen LogP contribution in [-0.2, 0) is 0 Å². The first kappa shape index (κ1) is 15.6. The van der Waals surface area contributed by atoms with Crippen LogP contribution in [0.5, 0.6) is 0 Å². The fourth-order valence-electron chi connectivity index (χ4n) is 2.99. The van der Waals surface area contributed by atoms with Crippen LogP contribution in [-0.4, -0.2) is 51.6 Å². The predicted octanol–water partition coefficient (Wildman–Crippen LogP) is 2.55. The summed E-state index contributed by atoms with van der Waals surface area (Å²) in [6, 6.07) is 6.16. The lowest BCUT2D eigenvalue weighted by Gasteiger charge is -2.14. The van der Waals surface area contributed by atoms with E-state index in [-0.39, 0.29) is 5.91 Å². The molecule has 1 N–H and O–H groups in total. The number of likely N-dealkylation sites (tertiary alicyclic amines) is 1. The lowest BCUT2D eigenvalue weighted by Crippen LogP contribution is -2.33. The average molecular weight is 362 g/mol. The number of hydrogen-bond acceptors (Lipinski definition) is 5. The Labute approximate surface area is 148 Å². The molecule has 24 heavy (non-hydrogen) atoms. The lowest BCUT2D eigenvalue weighted by molar-refractivity contribution is 0.0789. The molecule has 6 nitrogen and oxygen atoms in total. The Morgan fingerprint density at radius 2 is 2.33 bits per heavy atom. The summed E-state index contributed by atoms with van der Waals surface area (Å²) in [4.78, 5) is 19.0. The van der Waals surface area contributed by atoms with Crippen molar-refractivity contribution in [1.82, 2.24) is 24.8 Å². The zero-order chi connectivity index (χ0) is 16.7. The molecule has 1 amide bonds. The molecule has 0 spiro atoms. The Morgan fingerprint density at radius 1 is 1.46 bits per heavy atom. The number of rotatable bonds is 3. The van der Waals surface area contributed by atoms with Crippen molar-refractivity contribution in [3.8, 4) is 11.3 Å². The third-order valence-electron chi connectivity index (χ3n) is 4.33. The fraction of sp³-hybridized carbons (Fsp3) is 0.312. The molecule has 4 rings (SSSR count). The number of carbonyl (C=O) groups is 1. The molecule has 1 aliphatic rings. The van der Waals surface area contributed by atoms with Gasteiger partial charge in [-0.3, -0.25) is 4.79 Å². The van der Waals surface area contributed by atoms with E-state index < -0.39 is 0 Å². The van der Waals surface area contributed by atoms with Crippen molar-refractivity contribution < 1.29 is 4.79 Å². The van der Waals surface area contributed by atoms with Crippen LogP contribution in [0.25, 0.3) is 16.8 Å². The molecular formula is C16H16ClN5OS. The highest BCUT2D eigenvalue weighted by molar-refractivity contribution is 7.18. The second kappa shape index (κ2) is 6.16. The summed E-state index contributed by atoms with van der Waals surface area (Å²) >= 11 is 7.61. The highest BCUT2D eigenvalue weighted by atomic mass is 35.5. The van der Waals surface area contributed by atoms with Gasteiger partial charge < -0.3 is 10.2 Å². The number of likely N-dealkylation sites (N-methyl/N-ethyl adjacent to an activating group) is 1. The number of halogens is 1. The summed E-state index contributed by atoms with van der Waals surface area (Å²) in [7, 11) is 1.92. The second-order valence-corrected chi connectivity index (χ2v) is 7.36. The van der Waals surface area contributed by atoms with E-state index in [9.17, 15) is 4.79 Å². The number of hydrogen-bond donors (Lipinski definition) is 1. The van der Waals surface area contributed by atoms with Gasteiger partial charge in [-0.2, -0.15) is 5.10 Å².